The second kappa shape index (κ2) is 28.5. The number of aliphatic hydroxyl groups excluding tert-OH is 2. The number of aliphatic carboxylic acids is 2. The van der Waals surface area contributed by atoms with Crippen molar-refractivity contribution >= 4 is 23.5 Å². The van der Waals surface area contributed by atoms with Gasteiger partial charge in [-0.3, -0.25) is 19.2 Å². The van der Waals surface area contributed by atoms with Crippen LogP contribution in [-0.2, 0) is 32.0 Å². The average molecular weight is 1170 g/mol. The molecular weight excluding hydrogens is 1050 g/mol. The maximum Gasteiger partial charge on any atom is 0.303 e. The molecule has 2 unspecified atom stereocenters. The van der Waals surface area contributed by atoms with Gasteiger partial charge in [0.05, 0.1) is 49.8 Å². The topological polar surface area (TPSA) is 259 Å². The fraction of sp³-hybridized carbons (Fsp3) is 0.800. The lowest BCUT2D eigenvalue weighted by molar-refractivity contribution is -0.143. The second-order valence-electron chi connectivity index (χ2n) is 30.2. The SMILES string of the molecule is CC(CCC[C@@H](C)[C@H]1CC[C@H]2[C@@H]3CC=C4C[C@@H](O)CC[C@]4(C)[C@H]3CC[C@]12C)CC(=O)[C@@H](N)Cc1cnc[nH]1.CC(CCC[C@@H](C)[C@H]1CC[C@H]2[C@@H]3CC=C4C[C@@H](O)CC[C@]4(C)[C@H]3CC[C@]12C)CC(=O)[C@@H](N)Cc1cnc[nH]1.O=C(O)CCC(=O)O. The molecule has 10 rings (SSSR count). The Balaban J connectivity index is 0.000000194. The Hall–Kier alpha value is -3.98. The number of carboxylic acid groups (broad SMARTS) is 2. The highest BCUT2D eigenvalue weighted by Crippen LogP contribution is 2.69. The van der Waals surface area contributed by atoms with Gasteiger partial charge in [0.15, 0.2) is 0 Å². The molecule has 0 spiro atoms. The number of rotatable bonds is 23. The number of aliphatic hydroxyl groups is 2. The van der Waals surface area contributed by atoms with Crippen LogP contribution in [0.5, 0.6) is 0 Å². The van der Waals surface area contributed by atoms with E-state index in [1.165, 1.54) is 103 Å². The number of carboxylic acids is 2. The van der Waals surface area contributed by atoms with E-state index in [1.807, 2.05) is 0 Å². The summed E-state index contributed by atoms with van der Waals surface area (Å²) in [6.45, 7) is 19.8. The van der Waals surface area contributed by atoms with E-state index >= 15 is 0 Å². The molecule has 0 bridgehead atoms. The van der Waals surface area contributed by atoms with Gasteiger partial charge in [-0.15, -0.1) is 0 Å². The van der Waals surface area contributed by atoms with E-state index in [0.29, 0.717) is 59.2 Å². The number of allylic oxidation sites excluding steroid dienone is 2. The van der Waals surface area contributed by atoms with E-state index in [-0.39, 0.29) is 36.6 Å². The summed E-state index contributed by atoms with van der Waals surface area (Å²) in [4.78, 5) is 58.7. The first kappa shape index (κ1) is 66.0. The average Bonchev–Trinajstić information content (AvgIpc) is 1.73. The molecule has 8 aliphatic rings. The summed E-state index contributed by atoms with van der Waals surface area (Å²) in [5.74, 6) is 7.20. The van der Waals surface area contributed by atoms with E-state index < -0.39 is 24.0 Å². The van der Waals surface area contributed by atoms with E-state index in [1.54, 1.807) is 36.2 Å². The Bertz CT molecular complexity index is 2380. The number of hydrogen-bond donors (Lipinski definition) is 8. The number of fused-ring (bicyclic) bond motifs is 10. The molecule has 14 heteroatoms. The summed E-state index contributed by atoms with van der Waals surface area (Å²) < 4.78 is 0. The normalized spacial score (nSPS) is 36.0. The third-order valence-corrected chi connectivity index (χ3v) is 24.9. The molecule has 8 aliphatic carbocycles. The molecule has 6 fully saturated rings. The predicted octanol–water partition coefficient (Wildman–Crippen LogP) is 13.2. The third-order valence-electron chi connectivity index (χ3n) is 24.9. The molecule has 6 saturated carbocycles. The minimum absolute atomic E-state index is 0.115. The van der Waals surface area contributed by atoms with Crippen molar-refractivity contribution in [1.82, 2.24) is 19.9 Å². The van der Waals surface area contributed by atoms with Crippen molar-refractivity contribution in [1.29, 1.82) is 0 Å². The van der Waals surface area contributed by atoms with Gasteiger partial charge in [-0.25, -0.2) is 9.97 Å². The molecule has 0 radical (unpaired) electrons. The van der Waals surface area contributed by atoms with Crippen molar-refractivity contribution in [3.63, 3.8) is 0 Å². The Morgan fingerprint density at radius 2 is 0.952 bits per heavy atom. The largest absolute Gasteiger partial charge is 0.481 e. The van der Waals surface area contributed by atoms with Crippen molar-refractivity contribution in [3.8, 4) is 0 Å². The number of hydrogen-bond acceptors (Lipinski definition) is 10. The van der Waals surface area contributed by atoms with Crippen molar-refractivity contribution < 1.29 is 39.6 Å². The monoisotopic (exact) mass is 1160 g/mol. The van der Waals surface area contributed by atoms with Crippen LogP contribution in [0.25, 0.3) is 0 Å². The van der Waals surface area contributed by atoms with Crippen LogP contribution in [0.1, 0.15) is 234 Å². The minimum Gasteiger partial charge on any atom is -0.481 e. The van der Waals surface area contributed by atoms with Gasteiger partial charge in [0, 0.05) is 49.5 Å². The second-order valence-corrected chi connectivity index (χ2v) is 30.2. The van der Waals surface area contributed by atoms with Crippen LogP contribution < -0.4 is 11.5 Å². The Kier molecular flexibility index (Phi) is 22.4. The third kappa shape index (κ3) is 15.1. The van der Waals surface area contributed by atoms with Crippen LogP contribution in [0.4, 0.5) is 0 Å². The van der Waals surface area contributed by atoms with E-state index in [4.69, 9.17) is 21.7 Å². The number of aromatic amines is 2. The summed E-state index contributed by atoms with van der Waals surface area (Å²) in [7, 11) is 0. The first-order chi connectivity index (χ1) is 39.9. The fourth-order valence-corrected chi connectivity index (χ4v) is 20.1. The molecular formula is C70H112N6O8. The molecule has 0 amide bonds. The number of imidazole rings is 2. The molecule has 20 atom stereocenters. The van der Waals surface area contributed by atoms with Crippen LogP contribution in [0.3, 0.4) is 0 Å². The molecule has 14 nitrogen and oxygen atoms in total. The number of Topliss-reactive ketones (excluding diaryl/α,β-unsaturated/α-hetero) is 2. The van der Waals surface area contributed by atoms with Crippen molar-refractivity contribution in [2.75, 3.05) is 0 Å². The van der Waals surface area contributed by atoms with Gasteiger partial charge in [0.25, 0.3) is 0 Å². The van der Waals surface area contributed by atoms with Crippen LogP contribution in [0.2, 0.25) is 0 Å². The van der Waals surface area contributed by atoms with Crippen molar-refractivity contribution in [2.24, 2.45) is 104 Å². The number of carbonyl (C=O) groups is 4. The number of aromatic nitrogens is 4. The number of carbonyl (C=O) groups excluding carboxylic acids is 2. The van der Waals surface area contributed by atoms with E-state index in [2.05, 4.69) is 87.5 Å². The van der Waals surface area contributed by atoms with Crippen LogP contribution in [0.15, 0.2) is 48.3 Å². The highest BCUT2D eigenvalue weighted by molar-refractivity contribution is 5.84. The van der Waals surface area contributed by atoms with Gasteiger partial charge < -0.3 is 41.9 Å². The Morgan fingerprint density at radius 1 is 0.560 bits per heavy atom. The van der Waals surface area contributed by atoms with Gasteiger partial charge in [-0.2, -0.15) is 0 Å². The molecule has 0 saturated heterocycles. The summed E-state index contributed by atoms with van der Waals surface area (Å²) in [6, 6.07) is -0.872. The summed E-state index contributed by atoms with van der Waals surface area (Å²) in [5, 5.41) is 36.4. The van der Waals surface area contributed by atoms with Gasteiger partial charge in [-0.1, -0.05) is 117 Å². The lowest BCUT2D eigenvalue weighted by Gasteiger charge is -2.58. The van der Waals surface area contributed by atoms with Crippen LogP contribution in [-0.4, -0.2) is 88.2 Å². The van der Waals surface area contributed by atoms with Gasteiger partial charge in [-0.05, 0) is 195 Å². The molecule has 10 N–H and O–H groups in total. The maximum absolute atomic E-state index is 12.7. The van der Waals surface area contributed by atoms with Gasteiger partial charge in [0.1, 0.15) is 11.6 Å². The minimum atomic E-state index is -1.08. The lowest BCUT2D eigenvalue weighted by Crippen LogP contribution is -2.50. The summed E-state index contributed by atoms with van der Waals surface area (Å²) in [6.07, 6.45) is 40.4. The molecule has 2 aromatic heterocycles. The predicted molar refractivity (Wildman–Crippen MR) is 331 cm³/mol. The van der Waals surface area contributed by atoms with Crippen molar-refractivity contribution in [2.45, 2.75) is 259 Å². The summed E-state index contributed by atoms with van der Waals surface area (Å²) in [5.41, 5.74) is 19.0. The standard InChI is InChI=1S/2C33H53N3O2.C4H6O4/c2*1-21(16-31(38)30(34)18-24-19-35-20-36-24)6-5-7-22(2)27-10-11-28-26-9-8-23-17-25(37)12-14-32(23,3)29(26)13-15-33(27,28)4;5-3(6)1-2-4(7)8/h2*8,19-22,25-30,37H,5-7,9-18,34H2,1-4H3,(H,35,36);1-2H2,(H,5,6)(H,7,8)/t2*21?,22-,25+,26+,27-,28+,29+,30+,32+,33-;/m11./s1. The Labute approximate surface area is 504 Å². The maximum atomic E-state index is 12.7. The first-order valence-corrected chi connectivity index (χ1v) is 33.6. The first-order valence-electron chi connectivity index (χ1n) is 33.6. The number of ketones is 2. The van der Waals surface area contributed by atoms with Gasteiger partial charge >= 0.3 is 11.9 Å². The van der Waals surface area contributed by atoms with Crippen LogP contribution in [0, 0.1) is 92.7 Å². The fourth-order valence-electron chi connectivity index (χ4n) is 20.1. The molecule has 0 aliphatic heterocycles. The Morgan fingerprint density at radius 3 is 1.31 bits per heavy atom. The highest BCUT2D eigenvalue weighted by Gasteiger charge is 2.61. The number of nitrogens with two attached hydrogens (primary N) is 2. The molecule has 2 heterocycles. The lowest BCUT2D eigenvalue weighted by atomic mass is 9.47. The molecule has 0 aromatic carbocycles. The number of nitrogens with zero attached hydrogens (tertiary/aromatic N) is 2. The molecule has 2 aromatic rings. The smallest absolute Gasteiger partial charge is 0.303 e. The highest BCUT2D eigenvalue weighted by atomic mass is 16.4. The zero-order valence-corrected chi connectivity index (χ0v) is 53.0. The summed E-state index contributed by atoms with van der Waals surface area (Å²) >= 11 is 0. The van der Waals surface area contributed by atoms with E-state index in [0.717, 1.165) is 109 Å². The van der Waals surface area contributed by atoms with Gasteiger partial charge in [0.2, 0.25) is 0 Å². The number of H-pyrrole nitrogens is 2. The molecule has 84 heavy (non-hydrogen) atoms. The zero-order valence-electron chi connectivity index (χ0n) is 53.0. The van der Waals surface area contributed by atoms with E-state index in [9.17, 15) is 29.4 Å². The van der Waals surface area contributed by atoms with Crippen molar-refractivity contribution in [3.05, 3.63) is 59.7 Å². The number of nitrogens with one attached hydrogen (secondary N) is 2. The van der Waals surface area contributed by atoms with Crippen LogP contribution >= 0.6 is 0 Å². The zero-order chi connectivity index (χ0) is 60.7. The molecule has 470 valence electrons. The quantitative estimate of drug-likeness (QED) is 0.0483.